The van der Waals surface area contributed by atoms with E-state index in [1.807, 2.05) is 60.7 Å². The van der Waals surface area contributed by atoms with E-state index in [0.717, 1.165) is 51.0 Å². The number of allylic oxidation sites excluding steroid dienone is 4. The molecule has 1 aliphatic heterocycles. The third-order valence-electron chi connectivity index (χ3n) is 10.5. The van der Waals surface area contributed by atoms with Crippen LogP contribution in [0.5, 0.6) is 11.5 Å². The largest absolute Gasteiger partial charge is 0.456 e. The van der Waals surface area contributed by atoms with E-state index in [1.54, 1.807) is 0 Å². The molecule has 0 fully saturated rings. The summed E-state index contributed by atoms with van der Waals surface area (Å²) >= 11 is 0. The van der Waals surface area contributed by atoms with Gasteiger partial charge in [-0.2, -0.15) is 0 Å². The van der Waals surface area contributed by atoms with Gasteiger partial charge in [0, 0.05) is 39.7 Å². The van der Waals surface area contributed by atoms with E-state index < -0.39 is 5.41 Å². The molecule has 7 aromatic rings. The molecule has 4 heteroatoms. The molecular formula is C46H31N3O. The lowest BCUT2D eigenvalue weighted by Gasteiger charge is -2.43. The Kier molecular flexibility index (Phi) is 6.50. The Balaban J connectivity index is 1.16. The molecule has 2 aromatic heterocycles. The molecule has 3 atom stereocenters. The zero-order valence-corrected chi connectivity index (χ0v) is 27.1. The van der Waals surface area contributed by atoms with Crippen molar-refractivity contribution in [1.82, 2.24) is 15.0 Å². The SMILES string of the molecule is C1=CC2c3ccccc3C3(c4ccccc4Oc4c(-c5cccc(-c6cc(-c7ccccc7)nc(-c7ccccc7)n6)n5)cccc43)C2C=C1. The van der Waals surface area contributed by atoms with Crippen LogP contribution in [0.2, 0.25) is 0 Å². The summed E-state index contributed by atoms with van der Waals surface area (Å²) in [5, 5.41) is 0. The number of aromatic nitrogens is 3. The molecule has 2 aliphatic carbocycles. The highest BCUT2D eigenvalue weighted by atomic mass is 16.5. The van der Waals surface area contributed by atoms with Crippen LogP contribution in [0.3, 0.4) is 0 Å². The highest BCUT2D eigenvalue weighted by Crippen LogP contribution is 2.65. The monoisotopic (exact) mass is 641 g/mol. The minimum Gasteiger partial charge on any atom is -0.456 e. The van der Waals surface area contributed by atoms with Crippen molar-refractivity contribution in [2.45, 2.75) is 11.3 Å². The van der Waals surface area contributed by atoms with Crippen molar-refractivity contribution >= 4 is 0 Å². The zero-order valence-electron chi connectivity index (χ0n) is 27.1. The van der Waals surface area contributed by atoms with E-state index in [9.17, 15) is 0 Å². The molecule has 10 rings (SSSR count). The third kappa shape index (κ3) is 4.28. The molecule has 0 bridgehead atoms. The number of benzene rings is 5. The Bertz CT molecular complexity index is 2430. The van der Waals surface area contributed by atoms with Crippen molar-refractivity contribution in [3.05, 3.63) is 198 Å². The van der Waals surface area contributed by atoms with Gasteiger partial charge in [0.05, 0.1) is 28.2 Å². The van der Waals surface area contributed by atoms with E-state index in [1.165, 1.54) is 22.3 Å². The van der Waals surface area contributed by atoms with Gasteiger partial charge in [0.25, 0.3) is 0 Å². The molecule has 0 saturated heterocycles. The van der Waals surface area contributed by atoms with E-state index in [2.05, 4.69) is 115 Å². The van der Waals surface area contributed by atoms with Crippen molar-refractivity contribution in [3.8, 4) is 56.8 Å². The van der Waals surface area contributed by atoms with Crippen LogP contribution >= 0.6 is 0 Å². The quantitative estimate of drug-likeness (QED) is 0.192. The number of rotatable bonds is 4. The molecular weight excluding hydrogens is 611 g/mol. The molecule has 3 heterocycles. The van der Waals surface area contributed by atoms with E-state index in [0.29, 0.717) is 5.82 Å². The van der Waals surface area contributed by atoms with Crippen molar-refractivity contribution in [2.75, 3.05) is 0 Å². The Labute approximate surface area is 291 Å². The fraction of sp³-hybridized carbons (Fsp3) is 0.0652. The van der Waals surface area contributed by atoms with Crippen LogP contribution in [-0.4, -0.2) is 15.0 Å². The van der Waals surface area contributed by atoms with E-state index in [-0.39, 0.29) is 11.8 Å². The summed E-state index contributed by atoms with van der Waals surface area (Å²) in [5.74, 6) is 2.88. The lowest BCUT2D eigenvalue weighted by Crippen LogP contribution is -2.37. The standard InChI is InChI=1S/C46H31N3O/c1-3-15-30(16-4-1)41-29-42(49-45(48-41)31-17-5-2-6-18-31)40-27-14-26-39(47-40)34-21-13-25-38-44(34)50-43-28-12-11-24-37(43)46(38)35-22-9-7-19-32(35)33-20-8-10-23-36(33)46/h1-29,32,35H. The number of nitrogens with zero attached hydrogens (tertiary/aromatic N) is 3. The molecule has 0 saturated carbocycles. The summed E-state index contributed by atoms with van der Waals surface area (Å²) in [6, 6.07) is 52.6. The number of hydrogen-bond donors (Lipinski definition) is 0. The van der Waals surface area contributed by atoms with Crippen LogP contribution in [0.1, 0.15) is 28.2 Å². The van der Waals surface area contributed by atoms with Crippen molar-refractivity contribution in [1.29, 1.82) is 0 Å². The van der Waals surface area contributed by atoms with Crippen molar-refractivity contribution in [2.24, 2.45) is 5.92 Å². The first-order valence-electron chi connectivity index (χ1n) is 17.1. The average molecular weight is 642 g/mol. The number of pyridine rings is 1. The van der Waals surface area contributed by atoms with Crippen LogP contribution in [0.25, 0.3) is 45.3 Å². The molecule has 4 nitrogen and oxygen atoms in total. The zero-order chi connectivity index (χ0) is 33.1. The van der Waals surface area contributed by atoms with Crippen LogP contribution in [0.15, 0.2) is 176 Å². The van der Waals surface area contributed by atoms with Gasteiger partial charge in [0.1, 0.15) is 11.5 Å². The number of ether oxygens (including phenoxy) is 1. The van der Waals surface area contributed by atoms with Crippen molar-refractivity contribution < 1.29 is 4.74 Å². The maximum atomic E-state index is 6.94. The molecule has 50 heavy (non-hydrogen) atoms. The Hall–Kier alpha value is -6.39. The highest BCUT2D eigenvalue weighted by molar-refractivity contribution is 5.79. The molecule has 0 N–H and O–H groups in total. The summed E-state index contributed by atoms with van der Waals surface area (Å²) in [7, 11) is 0. The minimum absolute atomic E-state index is 0.206. The van der Waals surface area contributed by atoms with Crippen molar-refractivity contribution in [3.63, 3.8) is 0 Å². The molecule has 0 amide bonds. The molecule has 1 spiro atoms. The van der Waals surface area contributed by atoms with E-state index >= 15 is 0 Å². The van der Waals surface area contributed by atoms with Gasteiger partial charge in [0.15, 0.2) is 5.82 Å². The first-order valence-corrected chi connectivity index (χ1v) is 17.1. The second-order valence-electron chi connectivity index (χ2n) is 13.1. The Morgan fingerprint density at radius 3 is 2.00 bits per heavy atom. The van der Waals surface area contributed by atoms with Crippen LogP contribution in [-0.2, 0) is 5.41 Å². The van der Waals surface area contributed by atoms with Gasteiger partial charge < -0.3 is 4.74 Å². The predicted octanol–water partition coefficient (Wildman–Crippen LogP) is 10.8. The number of hydrogen-bond acceptors (Lipinski definition) is 4. The minimum atomic E-state index is -0.415. The predicted molar refractivity (Wildman–Crippen MR) is 199 cm³/mol. The smallest absolute Gasteiger partial charge is 0.160 e. The maximum absolute atomic E-state index is 6.94. The number of para-hydroxylation sites is 2. The molecule has 0 radical (unpaired) electrons. The molecule has 5 aromatic carbocycles. The highest BCUT2D eigenvalue weighted by Gasteiger charge is 2.56. The Morgan fingerprint density at radius 2 is 1.14 bits per heavy atom. The first-order chi connectivity index (χ1) is 24.8. The molecule has 236 valence electrons. The summed E-state index contributed by atoms with van der Waals surface area (Å²) < 4.78 is 6.94. The first kappa shape index (κ1) is 28.6. The van der Waals surface area contributed by atoms with Gasteiger partial charge in [-0.15, -0.1) is 0 Å². The molecule has 3 aliphatic rings. The van der Waals surface area contributed by atoms with Crippen LogP contribution in [0.4, 0.5) is 0 Å². The fourth-order valence-electron chi connectivity index (χ4n) is 8.37. The van der Waals surface area contributed by atoms with Gasteiger partial charge in [-0.3, -0.25) is 0 Å². The van der Waals surface area contributed by atoms with Gasteiger partial charge >= 0.3 is 0 Å². The van der Waals surface area contributed by atoms with E-state index in [4.69, 9.17) is 19.7 Å². The third-order valence-corrected chi connectivity index (χ3v) is 10.5. The maximum Gasteiger partial charge on any atom is 0.160 e. The average Bonchev–Trinajstić information content (AvgIpc) is 3.49. The second kappa shape index (κ2) is 11.4. The topological polar surface area (TPSA) is 47.9 Å². The normalized spacial score (nSPS) is 19.3. The van der Waals surface area contributed by atoms with Gasteiger partial charge in [-0.05, 0) is 41.5 Å². The van der Waals surface area contributed by atoms with Gasteiger partial charge in [-0.25, -0.2) is 15.0 Å². The Morgan fingerprint density at radius 1 is 0.480 bits per heavy atom. The lowest BCUT2D eigenvalue weighted by molar-refractivity contribution is 0.375. The van der Waals surface area contributed by atoms with Gasteiger partial charge in [-0.1, -0.05) is 146 Å². The summed E-state index contributed by atoms with van der Waals surface area (Å²) in [5.41, 5.74) is 10.8. The van der Waals surface area contributed by atoms with Gasteiger partial charge in [0.2, 0.25) is 0 Å². The molecule has 3 unspecified atom stereocenters. The fourth-order valence-corrected chi connectivity index (χ4v) is 8.37. The second-order valence-corrected chi connectivity index (χ2v) is 13.1. The summed E-state index contributed by atoms with van der Waals surface area (Å²) in [4.78, 5) is 15.3. The van der Waals surface area contributed by atoms with Crippen LogP contribution < -0.4 is 4.74 Å². The number of fused-ring (bicyclic) bond motifs is 9. The summed E-state index contributed by atoms with van der Waals surface area (Å²) in [6.45, 7) is 0. The lowest BCUT2D eigenvalue weighted by atomic mass is 9.61. The summed E-state index contributed by atoms with van der Waals surface area (Å²) in [6.07, 6.45) is 9.15. The van der Waals surface area contributed by atoms with Crippen LogP contribution in [0, 0.1) is 5.92 Å².